The first kappa shape index (κ1) is 20.9. The molecule has 3 heterocycles. The molecule has 1 N–H and O–H groups in total. The van der Waals surface area contributed by atoms with Crippen LogP contribution in [0.4, 0.5) is 5.82 Å². The summed E-state index contributed by atoms with van der Waals surface area (Å²) in [4.78, 5) is 15.2. The van der Waals surface area contributed by atoms with Crippen molar-refractivity contribution in [3.05, 3.63) is 12.3 Å². The smallest absolute Gasteiger partial charge is 0.231 e. The fraction of sp³-hybridized carbons (Fsp3) is 0.826. The molecule has 1 aromatic heterocycles. The van der Waals surface area contributed by atoms with Crippen molar-refractivity contribution in [3.63, 3.8) is 0 Å². The summed E-state index contributed by atoms with van der Waals surface area (Å²) in [6.45, 7) is 13.2. The number of rotatable bonds is 4. The van der Waals surface area contributed by atoms with Gasteiger partial charge in [-0.2, -0.15) is 5.10 Å². The minimum Gasteiger partial charge on any atom is -0.381 e. The summed E-state index contributed by atoms with van der Waals surface area (Å²) >= 11 is 0. The van der Waals surface area contributed by atoms with Crippen LogP contribution in [0.2, 0.25) is 0 Å². The van der Waals surface area contributed by atoms with Crippen LogP contribution in [0, 0.1) is 16.7 Å². The molecule has 6 heteroatoms. The molecule has 4 rings (SSSR count). The van der Waals surface area contributed by atoms with Crippen molar-refractivity contribution in [2.75, 3.05) is 31.6 Å². The third-order valence-corrected chi connectivity index (χ3v) is 7.12. The summed E-state index contributed by atoms with van der Waals surface area (Å²) in [6.07, 6.45) is 8.71. The highest BCUT2D eigenvalue weighted by Crippen LogP contribution is 2.47. The quantitative estimate of drug-likeness (QED) is 0.824. The Balaban J connectivity index is 1.35. The standard InChI is InChI=1S/C23H38N4O2/c1-22(2)13-19(14-23(3,4)16-22)26-10-6-18(7-11-26)27-20(5-9-24-27)25-21(28)17-8-12-29-15-17/h5,9,17-19H,6-8,10-16H2,1-4H3,(H,25,28)/t17-/m0/s1. The first-order chi connectivity index (χ1) is 13.7. The second-order valence-corrected chi connectivity index (χ2v) is 11.0. The number of ether oxygens (including phenoxy) is 1. The van der Waals surface area contributed by atoms with Gasteiger partial charge >= 0.3 is 0 Å². The van der Waals surface area contributed by atoms with Gasteiger partial charge < -0.3 is 15.0 Å². The average molecular weight is 403 g/mol. The van der Waals surface area contributed by atoms with Crippen LogP contribution in [0.25, 0.3) is 0 Å². The molecule has 6 nitrogen and oxygen atoms in total. The number of aromatic nitrogens is 2. The third-order valence-electron chi connectivity index (χ3n) is 7.12. The number of amides is 1. The fourth-order valence-electron chi connectivity index (χ4n) is 6.22. The molecule has 1 aliphatic carbocycles. The lowest BCUT2D eigenvalue weighted by molar-refractivity contribution is -0.119. The van der Waals surface area contributed by atoms with Crippen molar-refractivity contribution in [2.24, 2.45) is 16.7 Å². The monoisotopic (exact) mass is 402 g/mol. The number of piperidine rings is 1. The van der Waals surface area contributed by atoms with E-state index in [4.69, 9.17) is 4.74 Å². The second kappa shape index (κ2) is 8.03. The molecule has 0 spiro atoms. The highest BCUT2D eigenvalue weighted by atomic mass is 16.5. The summed E-state index contributed by atoms with van der Waals surface area (Å²) in [7, 11) is 0. The van der Waals surface area contributed by atoms with E-state index in [-0.39, 0.29) is 11.8 Å². The molecule has 1 saturated carbocycles. The lowest BCUT2D eigenvalue weighted by atomic mass is 9.63. The van der Waals surface area contributed by atoms with Crippen molar-refractivity contribution >= 4 is 11.7 Å². The Hall–Kier alpha value is -1.40. The first-order valence-corrected chi connectivity index (χ1v) is 11.4. The Morgan fingerprint density at radius 1 is 1.10 bits per heavy atom. The van der Waals surface area contributed by atoms with Crippen LogP contribution in [-0.4, -0.2) is 52.9 Å². The molecule has 1 aromatic rings. The maximum absolute atomic E-state index is 12.5. The maximum atomic E-state index is 12.5. The Bertz CT molecular complexity index is 696. The molecule has 2 saturated heterocycles. The molecule has 29 heavy (non-hydrogen) atoms. The van der Waals surface area contributed by atoms with Gasteiger partial charge in [-0.05, 0) is 49.4 Å². The molecular formula is C23H38N4O2. The van der Waals surface area contributed by atoms with E-state index in [9.17, 15) is 4.79 Å². The Morgan fingerprint density at radius 3 is 2.41 bits per heavy atom. The normalized spacial score (nSPS) is 28.5. The maximum Gasteiger partial charge on any atom is 0.231 e. The van der Waals surface area contributed by atoms with E-state index in [0.717, 1.165) is 38.2 Å². The Morgan fingerprint density at radius 2 is 1.79 bits per heavy atom. The van der Waals surface area contributed by atoms with Crippen molar-refractivity contribution in [1.82, 2.24) is 14.7 Å². The number of likely N-dealkylation sites (tertiary alicyclic amines) is 1. The van der Waals surface area contributed by atoms with Crippen LogP contribution in [0.5, 0.6) is 0 Å². The van der Waals surface area contributed by atoms with Gasteiger partial charge in [0.25, 0.3) is 0 Å². The first-order valence-electron chi connectivity index (χ1n) is 11.4. The van der Waals surface area contributed by atoms with Crippen LogP contribution in [0.15, 0.2) is 12.3 Å². The second-order valence-electron chi connectivity index (χ2n) is 11.0. The molecule has 0 aromatic carbocycles. The van der Waals surface area contributed by atoms with Gasteiger partial charge in [-0.3, -0.25) is 4.79 Å². The number of nitrogens with one attached hydrogen (secondary N) is 1. The molecule has 0 radical (unpaired) electrons. The van der Waals surface area contributed by atoms with E-state index >= 15 is 0 Å². The van der Waals surface area contributed by atoms with Crippen LogP contribution in [-0.2, 0) is 9.53 Å². The van der Waals surface area contributed by atoms with Crippen LogP contribution in [0.1, 0.15) is 72.3 Å². The number of hydrogen-bond acceptors (Lipinski definition) is 4. The van der Waals surface area contributed by atoms with Gasteiger partial charge in [0.1, 0.15) is 5.82 Å². The summed E-state index contributed by atoms with van der Waals surface area (Å²) in [5.41, 5.74) is 0.847. The minimum absolute atomic E-state index is 0.0294. The molecule has 1 amide bonds. The zero-order chi connectivity index (χ0) is 20.6. The van der Waals surface area contributed by atoms with Gasteiger partial charge in [0.05, 0.1) is 24.8 Å². The Labute approximate surface area is 175 Å². The number of anilines is 1. The lowest BCUT2D eigenvalue weighted by Crippen LogP contribution is -2.49. The summed E-state index contributed by atoms with van der Waals surface area (Å²) in [5, 5.41) is 7.65. The molecular weight excluding hydrogens is 364 g/mol. The van der Waals surface area contributed by atoms with Gasteiger partial charge in [-0.15, -0.1) is 0 Å². The molecule has 162 valence electrons. The SMILES string of the molecule is CC1(C)CC(N2CCC(n3nccc3NC(=O)[C@H]3CCOC3)CC2)CC(C)(C)C1. The van der Waals surface area contributed by atoms with Gasteiger partial charge in [0, 0.05) is 31.8 Å². The summed E-state index contributed by atoms with van der Waals surface area (Å²) < 4.78 is 7.40. The molecule has 0 bridgehead atoms. The number of carbonyl (C=O) groups excluding carboxylic acids is 1. The minimum atomic E-state index is -0.0294. The molecule has 0 unspecified atom stereocenters. The lowest BCUT2D eigenvalue weighted by Gasteiger charge is -2.50. The predicted molar refractivity (Wildman–Crippen MR) is 115 cm³/mol. The van der Waals surface area contributed by atoms with E-state index in [1.807, 2.05) is 10.7 Å². The van der Waals surface area contributed by atoms with Crippen molar-refractivity contribution in [3.8, 4) is 0 Å². The van der Waals surface area contributed by atoms with E-state index in [0.29, 0.717) is 36.1 Å². The summed E-state index contributed by atoms with van der Waals surface area (Å²) in [5.74, 6) is 0.867. The van der Waals surface area contributed by atoms with Crippen LogP contribution in [0.3, 0.4) is 0 Å². The van der Waals surface area contributed by atoms with Crippen LogP contribution < -0.4 is 5.32 Å². The van der Waals surface area contributed by atoms with Crippen molar-refractivity contribution < 1.29 is 9.53 Å². The predicted octanol–water partition coefficient (Wildman–Crippen LogP) is 4.10. The van der Waals surface area contributed by atoms with Crippen LogP contribution >= 0.6 is 0 Å². The van der Waals surface area contributed by atoms with E-state index in [2.05, 4.69) is 43.0 Å². The van der Waals surface area contributed by atoms with E-state index in [1.165, 1.54) is 19.3 Å². The molecule has 3 fully saturated rings. The average Bonchev–Trinajstić information content (AvgIpc) is 3.31. The zero-order valence-electron chi connectivity index (χ0n) is 18.6. The Kier molecular flexibility index (Phi) is 5.77. The van der Waals surface area contributed by atoms with Gasteiger partial charge in [0.15, 0.2) is 0 Å². The molecule has 3 aliphatic rings. The number of nitrogens with zero attached hydrogens (tertiary/aromatic N) is 3. The highest BCUT2D eigenvalue weighted by molar-refractivity contribution is 5.92. The highest BCUT2D eigenvalue weighted by Gasteiger charge is 2.41. The number of carbonyl (C=O) groups is 1. The topological polar surface area (TPSA) is 59.4 Å². The molecule has 1 atom stereocenters. The van der Waals surface area contributed by atoms with E-state index < -0.39 is 0 Å². The third kappa shape index (κ3) is 4.85. The number of hydrogen-bond donors (Lipinski definition) is 1. The van der Waals surface area contributed by atoms with Gasteiger partial charge in [0.2, 0.25) is 5.91 Å². The largest absolute Gasteiger partial charge is 0.381 e. The van der Waals surface area contributed by atoms with Gasteiger partial charge in [-0.25, -0.2) is 4.68 Å². The zero-order valence-corrected chi connectivity index (χ0v) is 18.6. The van der Waals surface area contributed by atoms with Crippen molar-refractivity contribution in [2.45, 2.75) is 78.3 Å². The molecule has 2 aliphatic heterocycles. The fourth-order valence-corrected chi connectivity index (χ4v) is 6.22. The van der Waals surface area contributed by atoms with E-state index in [1.54, 1.807) is 6.20 Å². The summed E-state index contributed by atoms with van der Waals surface area (Å²) in [6, 6.07) is 2.97. The van der Waals surface area contributed by atoms with Crippen molar-refractivity contribution in [1.29, 1.82) is 0 Å². The van der Waals surface area contributed by atoms with Gasteiger partial charge in [-0.1, -0.05) is 27.7 Å².